The van der Waals surface area contributed by atoms with Crippen LogP contribution in [0.5, 0.6) is 0 Å². The predicted octanol–water partition coefficient (Wildman–Crippen LogP) is -0.512. The Hall–Kier alpha value is -1.42. The van der Waals surface area contributed by atoms with Gasteiger partial charge >= 0.3 is 0 Å². The van der Waals surface area contributed by atoms with Crippen LogP contribution in [0, 0.1) is 11.3 Å². The van der Waals surface area contributed by atoms with Gasteiger partial charge in [-0.2, -0.15) is 9.57 Å². The molecule has 1 aliphatic rings. The van der Waals surface area contributed by atoms with Crippen LogP contribution >= 0.6 is 0 Å². The molecule has 2 rings (SSSR count). The molecule has 19 heavy (non-hydrogen) atoms. The largest absolute Gasteiger partial charge is 0.319 e. The van der Waals surface area contributed by atoms with Crippen LogP contribution in [0.2, 0.25) is 0 Å². The van der Waals surface area contributed by atoms with Gasteiger partial charge in [0.25, 0.3) is 0 Å². The lowest BCUT2D eigenvalue weighted by Gasteiger charge is -2.32. The van der Waals surface area contributed by atoms with Crippen molar-refractivity contribution in [3.63, 3.8) is 0 Å². The summed E-state index contributed by atoms with van der Waals surface area (Å²) in [6.45, 7) is 4.18. The molecule has 1 aromatic carbocycles. The van der Waals surface area contributed by atoms with Gasteiger partial charge in [-0.15, -0.1) is 0 Å². The standard InChI is InChI=1S/C13H17N3O2S/c1-12(11-14)15-7-9-16(10-8-15)19(17,18)13-5-3-2-4-6-13/h2-6,12H,7-10H2,1H3/p+1/t12-/m0/s1. The van der Waals surface area contributed by atoms with E-state index in [-0.39, 0.29) is 6.04 Å². The maximum Gasteiger partial charge on any atom is 0.243 e. The Balaban J connectivity index is 2.08. The molecule has 0 unspecified atom stereocenters. The first-order chi connectivity index (χ1) is 9.05. The zero-order valence-corrected chi connectivity index (χ0v) is 11.7. The van der Waals surface area contributed by atoms with Gasteiger partial charge in [0.15, 0.2) is 6.04 Å². The van der Waals surface area contributed by atoms with Gasteiger partial charge in [0, 0.05) is 6.92 Å². The monoisotopic (exact) mass is 280 g/mol. The molecule has 1 saturated heterocycles. The van der Waals surface area contributed by atoms with Gasteiger partial charge in [0.1, 0.15) is 6.07 Å². The third-order valence-electron chi connectivity index (χ3n) is 3.55. The highest BCUT2D eigenvalue weighted by Crippen LogP contribution is 2.14. The smallest absolute Gasteiger partial charge is 0.243 e. The molecule has 6 heteroatoms. The number of hydrogen-bond donors (Lipinski definition) is 1. The van der Waals surface area contributed by atoms with Crippen molar-refractivity contribution in [1.29, 1.82) is 5.26 Å². The number of nitriles is 1. The normalized spacial score (nSPS) is 19.8. The van der Waals surface area contributed by atoms with E-state index < -0.39 is 10.0 Å². The molecule has 1 heterocycles. The van der Waals surface area contributed by atoms with Crippen molar-refractivity contribution < 1.29 is 13.3 Å². The quantitative estimate of drug-likeness (QED) is 0.811. The summed E-state index contributed by atoms with van der Waals surface area (Å²) in [7, 11) is -3.38. The summed E-state index contributed by atoms with van der Waals surface area (Å²) < 4.78 is 26.3. The summed E-state index contributed by atoms with van der Waals surface area (Å²) in [5.74, 6) is 0. The number of hydrogen-bond acceptors (Lipinski definition) is 3. The summed E-state index contributed by atoms with van der Waals surface area (Å²) in [5, 5.41) is 8.89. The second-order valence-electron chi connectivity index (χ2n) is 4.73. The molecular weight excluding hydrogens is 262 g/mol. The Labute approximate surface area is 114 Å². The molecule has 1 atom stereocenters. The van der Waals surface area contributed by atoms with Crippen molar-refractivity contribution in [2.45, 2.75) is 17.9 Å². The fourth-order valence-electron chi connectivity index (χ4n) is 2.28. The predicted molar refractivity (Wildman–Crippen MR) is 71.0 cm³/mol. The van der Waals surface area contributed by atoms with Gasteiger partial charge < -0.3 is 4.90 Å². The first-order valence-corrected chi connectivity index (χ1v) is 7.79. The average molecular weight is 280 g/mol. The van der Waals surface area contributed by atoms with Crippen LogP contribution in [-0.2, 0) is 10.0 Å². The zero-order valence-electron chi connectivity index (χ0n) is 10.9. The maximum atomic E-state index is 12.4. The number of quaternary nitrogens is 1. The van der Waals surface area contributed by atoms with E-state index >= 15 is 0 Å². The van der Waals surface area contributed by atoms with Gasteiger partial charge in [-0.05, 0) is 12.1 Å². The summed E-state index contributed by atoms with van der Waals surface area (Å²) in [4.78, 5) is 1.49. The molecule has 5 nitrogen and oxygen atoms in total. The minimum atomic E-state index is -3.38. The number of rotatable bonds is 3. The SMILES string of the molecule is C[C@@H](C#N)[NH+]1CCN(S(=O)(=O)c2ccccc2)CC1. The first-order valence-electron chi connectivity index (χ1n) is 6.35. The van der Waals surface area contributed by atoms with Crippen molar-refractivity contribution >= 4 is 10.0 Å². The molecule has 0 aromatic heterocycles. The van der Waals surface area contributed by atoms with E-state index in [1.807, 2.05) is 6.92 Å². The molecule has 0 radical (unpaired) electrons. The Bertz CT molecular complexity index is 557. The Morgan fingerprint density at radius 3 is 2.37 bits per heavy atom. The molecule has 1 aliphatic heterocycles. The molecule has 0 aliphatic carbocycles. The number of benzene rings is 1. The lowest BCUT2D eigenvalue weighted by molar-refractivity contribution is -0.918. The second kappa shape index (κ2) is 5.70. The van der Waals surface area contributed by atoms with Crippen LogP contribution in [0.25, 0.3) is 0 Å². The topological polar surface area (TPSA) is 65.6 Å². The fourth-order valence-corrected chi connectivity index (χ4v) is 3.74. The molecule has 1 fully saturated rings. The summed E-state index contributed by atoms with van der Waals surface area (Å²) in [5.41, 5.74) is 0. The van der Waals surface area contributed by atoms with Gasteiger partial charge in [0.2, 0.25) is 10.0 Å². The third-order valence-corrected chi connectivity index (χ3v) is 5.46. The van der Waals surface area contributed by atoms with Gasteiger partial charge in [-0.25, -0.2) is 8.42 Å². The Morgan fingerprint density at radius 2 is 1.84 bits per heavy atom. The van der Waals surface area contributed by atoms with Crippen molar-refractivity contribution in [3.05, 3.63) is 30.3 Å². The van der Waals surface area contributed by atoms with E-state index in [0.29, 0.717) is 31.1 Å². The first kappa shape index (κ1) is 14.0. The van der Waals surface area contributed by atoms with Gasteiger partial charge in [0.05, 0.1) is 31.1 Å². The van der Waals surface area contributed by atoms with Crippen molar-refractivity contribution in [1.82, 2.24) is 4.31 Å². The third kappa shape index (κ3) is 2.95. The maximum absolute atomic E-state index is 12.4. The van der Waals surface area contributed by atoms with E-state index in [2.05, 4.69) is 6.07 Å². The fraction of sp³-hybridized carbons (Fsp3) is 0.462. The minimum Gasteiger partial charge on any atom is -0.319 e. The van der Waals surface area contributed by atoms with Gasteiger partial charge in [-0.3, -0.25) is 0 Å². The van der Waals surface area contributed by atoms with Crippen molar-refractivity contribution in [3.8, 4) is 6.07 Å². The number of nitrogens with one attached hydrogen (secondary N) is 1. The van der Waals surface area contributed by atoms with Crippen LogP contribution in [0.15, 0.2) is 35.2 Å². The van der Waals surface area contributed by atoms with Crippen molar-refractivity contribution in [2.24, 2.45) is 0 Å². The summed E-state index contributed by atoms with van der Waals surface area (Å²) in [6, 6.07) is 10.6. The molecule has 102 valence electrons. The number of sulfonamides is 1. The summed E-state index contributed by atoms with van der Waals surface area (Å²) in [6.07, 6.45) is 0. The van der Waals surface area contributed by atoms with Crippen LogP contribution in [0.3, 0.4) is 0 Å². The minimum absolute atomic E-state index is 0.0819. The summed E-state index contributed by atoms with van der Waals surface area (Å²) >= 11 is 0. The van der Waals surface area contributed by atoms with Gasteiger partial charge in [-0.1, -0.05) is 18.2 Å². The lowest BCUT2D eigenvalue weighted by Crippen LogP contribution is -3.17. The number of nitrogens with zero attached hydrogens (tertiary/aromatic N) is 2. The van der Waals surface area contributed by atoms with Crippen molar-refractivity contribution in [2.75, 3.05) is 26.2 Å². The van der Waals surface area contributed by atoms with E-state index in [0.717, 1.165) is 4.90 Å². The van der Waals surface area contributed by atoms with Crippen LogP contribution in [0.1, 0.15) is 6.92 Å². The molecule has 0 bridgehead atoms. The van der Waals surface area contributed by atoms with E-state index in [1.165, 1.54) is 4.31 Å². The molecule has 0 amide bonds. The van der Waals surface area contributed by atoms with Crippen LogP contribution in [-0.4, -0.2) is 44.9 Å². The lowest BCUT2D eigenvalue weighted by atomic mass is 10.2. The Kier molecular flexibility index (Phi) is 4.20. The Morgan fingerprint density at radius 1 is 1.26 bits per heavy atom. The van der Waals surface area contributed by atoms with E-state index in [1.54, 1.807) is 30.3 Å². The molecule has 0 saturated carbocycles. The molecule has 1 aromatic rings. The molecular formula is C13H18N3O2S+. The van der Waals surface area contributed by atoms with E-state index in [4.69, 9.17) is 5.26 Å². The van der Waals surface area contributed by atoms with Crippen LogP contribution in [0.4, 0.5) is 0 Å². The highest BCUT2D eigenvalue weighted by atomic mass is 32.2. The highest BCUT2D eigenvalue weighted by molar-refractivity contribution is 7.89. The second-order valence-corrected chi connectivity index (χ2v) is 6.66. The molecule has 0 spiro atoms. The highest BCUT2D eigenvalue weighted by Gasteiger charge is 2.31. The molecule has 1 N–H and O–H groups in total. The van der Waals surface area contributed by atoms with E-state index in [9.17, 15) is 8.42 Å². The zero-order chi connectivity index (χ0) is 13.9. The number of piperazine rings is 1. The van der Waals surface area contributed by atoms with Crippen LogP contribution < -0.4 is 4.90 Å². The average Bonchev–Trinajstić information content (AvgIpc) is 2.47.